The molecule has 0 N–H and O–H groups in total. The van der Waals surface area contributed by atoms with E-state index < -0.39 is 35.6 Å². The molecular formula is C22H24F6N6O2. The van der Waals surface area contributed by atoms with Gasteiger partial charge in [0.2, 0.25) is 11.8 Å². The largest absolute Gasteiger partial charge is 0.439 e. The fourth-order valence-corrected chi connectivity index (χ4v) is 3.16. The van der Waals surface area contributed by atoms with Gasteiger partial charge in [0.25, 0.3) is 0 Å². The van der Waals surface area contributed by atoms with Crippen LogP contribution in [0.3, 0.4) is 0 Å². The predicted molar refractivity (Wildman–Crippen MR) is 116 cm³/mol. The molecule has 14 heteroatoms. The first kappa shape index (κ1) is 27.0. The van der Waals surface area contributed by atoms with Crippen LogP contribution in [0.2, 0.25) is 0 Å². The highest BCUT2D eigenvalue weighted by molar-refractivity contribution is 5.48. The maximum Gasteiger partial charge on any atom is 0.436 e. The van der Waals surface area contributed by atoms with Gasteiger partial charge in [-0.15, -0.1) is 0 Å². The maximum absolute atomic E-state index is 12.8. The Kier molecular flexibility index (Phi) is 7.37. The van der Waals surface area contributed by atoms with Crippen molar-refractivity contribution in [2.24, 2.45) is 14.1 Å². The number of aromatic nitrogens is 6. The highest BCUT2D eigenvalue weighted by Gasteiger charge is 2.40. The van der Waals surface area contributed by atoms with Gasteiger partial charge in [-0.25, -0.2) is 15.0 Å². The molecule has 4 aromatic heterocycles. The van der Waals surface area contributed by atoms with Gasteiger partial charge < -0.3 is 13.4 Å². The topological polar surface area (TPSA) is 87.7 Å². The van der Waals surface area contributed by atoms with Crippen molar-refractivity contribution in [1.82, 2.24) is 29.3 Å². The first-order valence-electron chi connectivity index (χ1n) is 10.7. The maximum atomic E-state index is 12.8. The lowest BCUT2D eigenvalue weighted by Crippen LogP contribution is -2.09. The molecule has 4 heterocycles. The van der Waals surface area contributed by atoms with Gasteiger partial charge in [0.05, 0.1) is 12.5 Å². The summed E-state index contributed by atoms with van der Waals surface area (Å²) in [6.07, 6.45) is -4.53. The van der Waals surface area contributed by atoms with Crippen molar-refractivity contribution >= 4 is 0 Å². The quantitative estimate of drug-likeness (QED) is 0.289. The summed E-state index contributed by atoms with van der Waals surface area (Å²) in [7, 11) is 3.33. The van der Waals surface area contributed by atoms with Crippen LogP contribution < -0.4 is 0 Å². The standard InChI is InChI=1S/2C11H12F3N3O/c1-6(2)8-9(11(12,13)14)16-10(18-8)7-4-15-5-17(7)3;1-6(2)8-9(11(12,13)14)15-10(18-8)7-4-5-17(3)16-7/h2*4-6H,1-3H3. The summed E-state index contributed by atoms with van der Waals surface area (Å²) >= 11 is 0. The molecule has 0 aliphatic heterocycles. The van der Waals surface area contributed by atoms with Crippen molar-refractivity contribution in [1.29, 1.82) is 0 Å². The summed E-state index contributed by atoms with van der Waals surface area (Å²) in [5.41, 5.74) is -1.24. The van der Waals surface area contributed by atoms with Gasteiger partial charge in [0.1, 0.15) is 22.9 Å². The van der Waals surface area contributed by atoms with Crippen LogP contribution in [0.1, 0.15) is 62.4 Å². The summed E-state index contributed by atoms with van der Waals surface area (Å²) in [6.45, 7) is 6.50. The Morgan fingerprint density at radius 3 is 1.67 bits per heavy atom. The van der Waals surface area contributed by atoms with Gasteiger partial charge in [-0.2, -0.15) is 31.4 Å². The van der Waals surface area contributed by atoms with Crippen LogP contribution in [0.4, 0.5) is 26.3 Å². The van der Waals surface area contributed by atoms with Crippen LogP contribution in [-0.4, -0.2) is 29.3 Å². The molecule has 4 aromatic rings. The molecule has 0 unspecified atom stereocenters. The van der Waals surface area contributed by atoms with E-state index >= 15 is 0 Å². The molecule has 8 nitrogen and oxygen atoms in total. The van der Waals surface area contributed by atoms with E-state index in [-0.39, 0.29) is 29.0 Å². The summed E-state index contributed by atoms with van der Waals surface area (Å²) < 4.78 is 90.3. The summed E-state index contributed by atoms with van der Waals surface area (Å²) in [5.74, 6) is -1.28. The normalized spacial score (nSPS) is 12.4. The third kappa shape index (κ3) is 5.79. The molecular weight excluding hydrogens is 494 g/mol. The number of aryl methyl sites for hydroxylation is 2. The Hall–Kier alpha value is -3.58. The third-order valence-corrected chi connectivity index (χ3v) is 4.86. The van der Waals surface area contributed by atoms with E-state index in [9.17, 15) is 26.3 Å². The summed E-state index contributed by atoms with van der Waals surface area (Å²) in [4.78, 5) is 10.9. The van der Waals surface area contributed by atoms with E-state index in [0.717, 1.165) is 0 Å². The van der Waals surface area contributed by atoms with E-state index in [4.69, 9.17) is 8.83 Å². The Morgan fingerprint density at radius 2 is 1.31 bits per heavy atom. The van der Waals surface area contributed by atoms with E-state index in [0.29, 0.717) is 5.69 Å². The second kappa shape index (κ2) is 9.82. The van der Waals surface area contributed by atoms with Crippen molar-refractivity contribution in [2.75, 3.05) is 0 Å². The molecule has 0 saturated heterocycles. The van der Waals surface area contributed by atoms with Crippen molar-refractivity contribution in [2.45, 2.75) is 51.9 Å². The number of imidazole rings is 1. The molecule has 0 aromatic carbocycles. The Morgan fingerprint density at radius 1 is 0.806 bits per heavy atom. The van der Waals surface area contributed by atoms with E-state index in [1.807, 2.05) is 0 Å². The van der Waals surface area contributed by atoms with Gasteiger partial charge in [-0.3, -0.25) is 4.68 Å². The Labute approximate surface area is 202 Å². The molecule has 196 valence electrons. The number of oxazole rings is 2. The minimum Gasteiger partial charge on any atom is -0.439 e. The zero-order valence-corrected chi connectivity index (χ0v) is 20.2. The van der Waals surface area contributed by atoms with Gasteiger partial charge in [0.15, 0.2) is 11.4 Å². The molecule has 0 aliphatic carbocycles. The average Bonchev–Trinajstić information content (AvgIpc) is 3.52. The van der Waals surface area contributed by atoms with Crippen LogP contribution in [0.5, 0.6) is 0 Å². The number of rotatable bonds is 4. The molecule has 0 atom stereocenters. The lowest BCUT2D eigenvalue weighted by molar-refractivity contribution is -0.142. The molecule has 4 rings (SSSR count). The molecule has 0 amide bonds. The van der Waals surface area contributed by atoms with Crippen LogP contribution >= 0.6 is 0 Å². The SMILES string of the molecule is CC(C)c1oc(-c2ccn(C)n2)nc1C(F)(F)F.CC(C)c1oc(-c2cncn2C)nc1C(F)(F)F. The minimum absolute atomic E-state index is 0.0639. The Balaban J connectivity index is 0.000000201. The van der Waals surface area contributed by atoms with Gasteiger partial charge in [-0.05, 0) is 6.07 Å². The zero-order chi connectivity index (χ0) is 27.0. The lowest BCUT2D eigenvalue weighted by Gasteiger charge is -2.06. The third-order valence-electron chi connectivity index (χ3n) is 4.86. The van der Waals surface area contributed by atoms with Crippen LogP contribution in [-0.2, 0) is 26.4 Å². The smallest absolute Gasteiger partial charge is 0.436 e. The van der Waals surface area contributed by atoms with E-state index in [1.54, 1.807) is 58.6 Å². The van der Waals surface area contributed by atoms with E-state index in [2.05, 4.69) is 20.1 Å². The lowest BCUT2D eigenvalue weighted by atomic mass is 10.1. The van der Waals surface area contributed by atoms with Crippen molar-refractivity contribution in [3.05, 3.63) is 47.7 Å². The second-order valence-electron chi connectivity index (χ2n) is 8.53. The number of nitrogens with zero attached hydrogens (tertiary/aromatic N) is 6. The highest BCUT2D eigenvalue weighted by atomic mass is 19.4. The molecule has 36 heavy (non-hydrogen) atoms. The molecule has 0 aliphatic rings. The number of alkyl halides is 6. The molecule has 0 saturated carbocycles. The fraction of sp³-hybridized carbons (Fsp3) is 0.455. The number of halogens is 6. The van der Waals surface area contributed by atoms with Crippen molar-refractivity contribution in [3.63, 3.8) is 0 Å². The highest BCUT2D eigenvalue weighted by Crippen LogP contribution is 2.38. The van der Waals surface area contributed by atoms with Crippen LogP contribution in [0.15, 0.2) is 33.6 Å². The first-order valence-corrected chi connectivity index (χ1v) is 10.7. The van der Waals surface area contributed by atoms with Crippen LogP contribution in [0.25, 0.3) is 23.2 Å². The monoisotopic (exact) mass is 518 g/mol. The number of hydrogen-bond acceptors (Lipinski definition) is 6. The van der Waals surface area contributed by atoms with Crippen molar-refractivity contribution < 1.29 is 35.2 Å². The zero-order valence-electron chi connectivity index (χ0n) is 20.2. The van der Waals surface area contributed by atoms with Gasteiger partial charge >= 0.3 is 12.4 Å². The molecule has 0 radical (unpaired) electrons. The van der Waals surface area contributed by atoms with Crippen molar-refractivity contribution in [3.8, 4) is 23.2 Å². The fourth-order valence-electron chi connectivity index (χ4n) is 3.16. The molecule has 0 fully saturated rings. The second-order valence-corrected chi connectivity index (χ2v) is 8.53. The minimum atomic E-state index is -4.52. The van der Waals surface area contributed by atoms with Crippen LogP contribution in [0, 0.1) is 0 Å². The van der Waals surface area contributed by atoms with E-state index in [1.165, 1.54) is 17.2 Å². The van der Waals surface area contributed by atoms with Gasteiger partial charge in [-0.1, -0.05) is 27.7 Å². The number of hydrogen-bond donors (Lipinski definition) is 0. The Bertz CT molecular complexity index is 1310. The molecule has 0 bridgehead atoms. The summed E-state index contributed by atoms with van der Waals surface area (Å²) in [5, 5.41) is 3.97. The average molecular weight is 518 g/mol. The predicted octanol–water partition coefficient (Wildman–Crippen LogP) is 6.43. The summed E-state index contributed by atoms with van der Waals surface area (Å²) in [6, 6.07) is 1.55. The van der Waals surface area contributed by atoms with Gasteiger partial charge in [0, 0.05) is 32.1 Å². The first-order chi connectivity index (χ1) is 16.6. The molecule has 0 spiro atoms.